The van der Waals surface area contributed by atoms with Crippen LogP contribution in [0, 0.1) is 17.6 Å². The first-order valence-corrected chi connectivity index (χ1v) is 6.10. The largest absolute Gasteiger partial charge is 0.478 e. The van der Waals surface area contributed by atoms with Crippen molar-refractivity contribution in [2.75, 3.05) is 18.4 Å². The Morgan fingerprint density at radius 2 is 1.90 bits per heavy atom. The van der Waals surface area contributed by atoms with E-state index in [0.717, 1.165) is 0 Å². The molecule has 20 heavy (non-hydrogen) atoms. The molecule has 110 valence electrons. The van der Waals surface area contributed by atoms with E-state index in [1.165, 1.54) is 0 Å². The van der Waals surface area contributed by atoms with Crippen LogP contribution in [0.1, 0.15) is 24.2 Å². The molecule has 1 unspecified atom stereocenters. The van der Waals surface area contributed by atoms with Crippen molar-refractivity contribution in [3.8, 4) is 0 Å². The Hall–Kier alpha value is -2.02. The number of carbonyl (C=O) groups is 2. The zero-order valence-corrected chi connectivity index (χ0v) is 11.2. The average Bonchev–Trinajstić information content (AvgIpc) is 2.39. The molecule has 0 spiro atoms. The zero-order chi connectivity index (χ0) is 15.3. The maximum absolute atomic E-state index is 13.1. The molecular formula is C13H16F2N2O3. The fourth-order valence-corrected chi connectivity index (χ4v) is 1.54. The number of rotatable bonds is 6. The van der Waals surface area contributed by atoms with E-state index in [0.29, 0.717) is 25.2 Å². The lowest BCUT2D eigenvalue weighted by atomic mass is 10.1. The predicted octanol–water partition coefficient (Wildman–Crippen LogP) is 1.85. The lowest BCUT2D eigenvalue weighted by Crippen LogP contribution is -2.30. The van der Waals surface area contributed by atoms with Crippen molar-refractivity contribution in [2.45, 2.75) is 13.8 Å². The van der Waals surface area contributed by atoms with Crippen molar-refractivity contribution >= 4 is 17.6 Å². The number of halogens is 2. The van der Waals surface area contributed by atoms with Gasteiger partial charge in [-0.3, -0.25) is 4.79 Å². The van der Waals surface area contributed by atoms with Crippen molar-refractivity contribution in [3.63, 3.8) is 0 Å². The van der Waals surface area contributed by atoms with Crippen molar-refractivity contribution in [2.24, 2.45) is 5.92 Å². The van der Waals surface area contributed by atoms with Crippen molar-refractivity contribution < 1.29 is 23.5 Å². The summed E-state index contributed by atoms with van der Waals surface area (Å²) in [5, 5.41) is 14.2. The molecule has 7 heteroatoms. The lowest BCUT2D eigenvalue weighted by molar-refractivity contribution is -0.119. The summed E-state index contributed by atoms with van der Waals surface area (Å²) in [7, 11) is 0. The summed E-state index contributed by atoms with van der Waals surface area (Å²) in [5.41, 5.74) is -0.752. The SMILES string of the molecule is CCNCC(C)C(=O)Nc1cc(F)c(F)cc1C(=O)O. The molecule has 0 saturated heterocycles. The van der Waals surface area contributed by atoms with Crippen LogP contribution in [-0.2, 0) is 4.79 Å². The molecule has 0 aliphatic carbocycles. The minimum absolute atomic E-state index is 0.259. The summed E-state index contributed by atoms with van der Waals surface area (Å²) in [4.78, 5) is 22.8. The maximum atomic E-state index is 13.1. The van der Waals surface area contributed by atoms with Crippen LogP contribution >= 0.6 is 0 Å². The molecule has 1 amide bonds. The van der Waals surface area contributed by atoms with Crippen LogP contribution in [0.4, 0.5) is 14.5 Å². The Labute approximate surface area is 115 Å². The molecule has 3 N–H and O–H groups in total. The fourth-order valence-electron chi connectivity index (χ4n) is 1.54. The monoisotopic (exact) mass is 286 g/mol. The summed E-state index contributed by atoms with van der Waals surface area (Å²) in [5.74, 6) is -4.85. The van der Waals surface area contributed by atoms with Crippen molar-refractivity contribution in [1.82, 2.24) is 5.32 Å². The number of hydrogen-bond donors (Lipinski definition) is 3. The number of carboxylic acid groups (broad SMARTS) is 1. The third kappa shape index (κ3) is 3.99. The first-order valence-electron chi connectivity index (χ1n) is 6.10. The van der Waals surface area contributed by atoms with Gasteiger partial charge in [0.15, 0.2) is 11.6 Å². The van der Waals surface area contributed by atoms with Gasteiger partial charge in [-0.25, -0.2) is 13.6 Å². The molecule has 1 aromatic carbocycles. The highest BCUT2D eigenvalue weighted by atomic mass is 19.2. The Kier molecular flexibility index (Phi) is 5.57. The Bertz CT molecular complexity index is 521. The zero-order valence-electron chi connectivity index (χ0n) is 11.2. The number of nitrogens with one attached hydrogen (secondary N) is 2. The lowest BCUT2D eigenvalue weighted by Gasteiger charge is -2.14. The highest BCUT2D eigenvalue weighted by Crippen LogP contribution is 2.20. The summed E-state index contributed by atoms with van der Waals surface area (Å²) in [6.45, 7) is 4.60. The molecule has 0 aliphatic heterocycles. The van der Waals surface area contributed by atoms with Gasteiger partial charge in [-0.15, -0.1) is 0 Å². The van der Waals surface area contributed by atoms with E-state index in [-0.39, 0.29) is 5.69 Å². The number of carboxylic acids is 1. The summed E-state index contributed by atoms with van der Waals surface area (Å²) < 4.78 is 26.2. The number of carbonyl (C=O) groups excluding carboxylic acids is 1. The first-order chi connectivity index (χ1) is 9.36. The van der Waals surface area contributed by atoms with Crippen LogP contribution in [0.5, 0.6) is 0 Å². The van der Waals surface area contributed by atoms with Gasteiger partial charge in [0, 0.05) is 18.5 Å². The molecular weight excluding hydrogens is 270 g/mol. The molecule has 1 rings (SSSR count). The Morgan fingerprint density at radius 1 is 1.30 bits per heavy atom. The maximum Gasteiger partial charge on any atom is 0.337 e. The minimum atomic E-state index is -1.45. The number of anilines is 1. The van der Waals surface area contributed by atoms with Gasteiger partial charge in [0.05, 0.1) is 11.3 Å². The third-order valence-corrected chi connectivity index (χ3v) is 2.70. The standard InChI is InChI=1S/C13H16F2N2O3/c1-3-16-6-7(2)12(18)17-11-5-10(15)9(14)4-8(11)13(19)20/h4-5,7,16H,3,6H2,1-2H3,(H,17,18)(H,19,20). The Morgan fingerprint density at radius 3 is 2.45 bits per heavy atom. The molecule has 0 aliphatic rings. The van der Waals surface area contributed by atoms with Gasteiger partial charge in [0.25, 0.3) is 0 Å². The molecule has 1 aromatic rings. The number of amides is 1. The van der Waals surface area contributed by atoms with Gasteiger partial charge >= 0.3 is 5.97 Å². The first kappa shape index (κ1) is 16.0. The highest BCUT2D eigenvalue weighted by Gasteiger charge is 2.19. The fraction of sp³-hybridized carbons (Fsp3) is 0.385. The second-order valence-corrected chi connectivity index (χ2v) is 4.32. The second-order valence-electron chi connectivity index (χ2n) is 4.32. The van der Waals surface area contributed by atoms with Gasteiger partial charge in [-0.1, -0.05) is 13.8 Å². The molecule has 0 bridgehead atoms. The normalized spacial score (nSPS) is 12.0. The van der Waals surface area contributed by atoms with E-state index in [4.69, 9.17) is 5.11 Å². The molecule has 0 fully saturated rings. The van der Waals surface area contributed by atoms with Crippen LogP contribution in [0.3, 0.4) is 0 Å². The molecule has 5 nitrogen and oxygen atoms in total. The van der Waals surface area contributed by atoms with Gasteiger partial charge in [-0.2, -0.15) is 0 Å². The van der Waals surface area contributed by atoms with Crippen LogP contribution in [0.15, 0.2) is 12.1 Å². The smallest absolute Gasteiger partial charge is 0.337 e. The minimum Gasteiger partial charge on any atom is -0.478 e. The molecule has 0 heterocycles. The Balaban J connectivity index is 2.93. The van der Waals surface area contributed by atoms with Crippen LogP contribution in [-0.4, -0.2) is 30.1 Å². The van der Waals surface area contributed by atoms with Crippen LogP contribution < -0.4 is 10.6 Å². The van der Waals surface area contributed by atoms with Gasteiger partial charge < -0.3 is 15.7 Å². The van der Waals surface area contributed by atoms with E-state index in [1.807, 2.05) is 6.92 Å². The molecule has 0 radical (unpaired) electrons. The molecule has 0 saturated carbocycles. The molecule has 1 atom stereocenters. The highest BCUT2D eigenvalue weighted by molar-refractivity contribution is 6.01. The number of hydrogen-bond acceptors (Lipinski definition) is 3. The van der Waals surface area contributed by atoms with Crippen molar-refractivity contribution in [1.29, 1.82) is 0 Å². The van der Waals surface area contributed by atoms with E-state index in [1.54, 1.807) is 6.92 Å². The predicted molar refractivity (Wildman–Crippen MR) is 69.7 cm³/mol. The topological polar surface area (TPSA) is 78.4 Å². The third-order valence-electron chi connectivity index (χ3n) is 2.70. The van der Waals surface area contributed by atoms with Gasteiger partial charge in [0.1, 0.15) is 0 Å². The van der Waals surface area contributed by atoms with E-state index in [2.05, 4.69) is 10.6 Å². The summed E-state index contributed by atoms with van der Waals surface area (Å²) in [6.07, 6.45) is 0. The summed E-state index contributed by atoms with van der Waals surface area (Å²) >= 11 is 0. The van der Waals surface area contributed by atoms with E-state index < -0.39 is 35.0 Å². The van der Waals surface area contributed by atoms with Crippen molar-refractivity contribution in [3.05, 3.63) is 29.3 Å². The van der Waals surface area contributed by atoms with Gasteiger partial charge in [0.2, 0.25) is 5.91 Å². The van der Waals surface area contributed by atoms with E-state index in [9.17, 15) is 18.4 Å². The molecule has 0 aromatic heterocycles. The number of benzene rings is 1. The second kappa shape index (κ2) is 6.95. The van der Waals surface area contributed by atoms with E-state index >= 15 is 0 Å². The average molecular weight is 286 g/mol. The summed E-state index contributed by atoms with van der Waals surface area (Å²) in [6, 6.07) is 1.21. The van der Waals surface area contributed by atoms with Crippen LogP contribution in [0.2, 0.25) is 0 Å². The van der Waals surface area contributed by atoms with Crippen LogP contribution in [0.25, 0.3) is 0 Å². The number of aromatic carboxylic acids is 1. The van der Waals surface area contributed by atoms with Gasteiger partial charge in [-0.05, 0) is 12.6 Å². The quantitative estimate of drug-likeness (QED) is 0.745.